The van der Waals surface area contributed by atoms with E-state index < -0.39 is 0 Å². The fourth-order valence-corrected chi connectivity index (χ4v) is 3.84. The maximum Gasteiger partial charge on any atom is 0.0945 e. The maximum atomic E-state index is 4.68. The van der Waals surface area contributed by atoms with Crippen LogP contribution in [0.25, 0.3) is 5.70 Å². The first-order valence-corrected chi connectivity index (χ1v) is 9.35. The lowest BCUT2D eigenvalue weighted by Crippen LogP contribution is -2.36. The summed E-state index contributed by atoms with van der Waals surface area (Å²) < 4.78 is 0. The second-order valence-corrected chi connectivity index (χ2v) is 7.13. The minimum absolute atomic E-state index is 0.163. The molecular weight excluding hydrogens is 306 g/mol. The molecule has 0 bridgehead atoms. The summed E-state index contributed by atoms with van der Waals surface area (Å²) in [6, 6.07) is 19.9. The molecule has 3 heteroatoms. The van der Waals surface area contributed by atoms with Crippen molar-refractivity contribution in [2.24, 2.45) is 10.3 Å². The molecule has 1 heterocycles. The van der Waals surface area contributed by atoms with Gasteiger partial charge < -0.3 is 0 Å². The molecule has 0 aromatic heterocycles. The third kappa shape index (κ3) is 3.51. The summed E-state index contributed by atoms with van der Waals surface area (Å²) in [6.45, 7) is 2.13. The third-order valence-electron chi connectivity index (χ3n) is 5.29. The molecule has 2 aliphatic rings. The van der Waals surface area contributed by atoms with Crippen LogP contribution in [0.3, 0.4) is 0 Å². The zero-order chi connectivity index (χ0) is 17.1. The smallest absolute Gasteiger partial charge is 0.0945 e. The molecule has 128 valence electrons. The lowest BCUT2D eigenvalue weighted by molar-refractivity contribution is 0.116. The van der Waals surface area contributed by atoms with Gasteiger partial charge in [0.15, 0.2) is 0 Å². The van der Waals surface area contributed by atoms with Crippen molar-refractivity contribution in [1.82, 2.24) is 5.01 Å². The number of nitrogens with zero attached hydrogens (tertiary/aromatic N) is 3. The highest BCUT2D eigenvalue weighted by molar-refractivity contribution is 5.65. The number of rotatable bonds is 3. The summed E-state index contributed by atoms with van der Waals surface area (Å²) in [5.74, 6) is 0. The molecular formula is C22H25N3. The van der Waals surface area contributed by atoms with Crippen molar-refractivity contribution in [2.45, 2.75) is 51.1 Å². The fourth-order valence-electron chi connectivity index (χ4n) is 3.84. The van der Waals surface area contributed by atoms with Gasteiger partial charge in [-0.25, -0.2) is 0 Å². The van der Waals surface area contributed by atoms with Gasteiger partial charge in [0.2, 0.25) is 0 Å². The fraction of sp³-hybridized carbons (Fsp3) is 0.364. The number of benzene rings is 2. The Morgan fingerprint density at radius 3 is 2.32 bits per heavy atom. The predicted octanol–water partition coefficient (Wildman–Crippen LogP) is 6.09. The number of hydrogen-bond acceptors (Lipinski definition) is 3. The van der Waals surface area contributed by atoms with Crippen LogP contribution in [0, 0.1) is 6.92 Å². The molecule has 0 spiro atoms. The molecule has 4 rings (SSSR count). The average molecular weight is 331 g/mol. The van der Waals surface area contributed by atoms with Gasteiger partial charge in [0.1, 0.15) is 0 Å². The normalized spacial score (nSPS) is 21.2. The van der Waals surface area contributed by atoms with Crippen molar-refractivity contribution in [3.05, 3.63) is 77.4 Å². The first kappa shape index (κ1) is 16.1. The summed E-state index contributed by atoms with van der Waals surface area (Å²) in [7, 11) is 0. The first-order valence-electron chi connectivity index (χ1n) is 9.35. The Labute approximate surface area is 150 Å². The summed E-state index contributed by atoms with van der Waals surface area (Å²) in [5, 5.41) is 11.5. The van der Waals surface area contributed by atoms with Crippen LogP contribution in [-0.4, -0.2) is 11.1 Å². The van der Waals surface area contributed by atoms with E-state index in [1.807, 2.05) is 6.07 Å². The highest BCUT2D eigenvalue weighted by atomic mass is 15.6. The van der Waals surface area contributed by atoms with E-state index in [2.05, 4.69) is 76.9 Å². The predicted molar refractivity (Wildman–Crippen MR) is 102 cm³/mol. The molecule has 0 saturated heterocycles. The molecule has 1 fully saturated rings. The van der Waals surface area contributed by atoms with Gasteiger partial charge in [-0.05, 0) is 31.4 Å². The van der Waals surface area contributed by atoms with Gasteiger partial charge in [-0.3, -0.25) is 5.01 Å². The quantitative estimate of drug-likeness (QED) is 0.668. The molecule has 0 amide bonds. The lowest BCUT2D eigenvalue weighted by Gasteiger charge is -2.37. The van der Waals surface area contributed by atoms with Gasteiger partial charge in [-0.2, -0.15) is 0 Å². The van der Waals surface area contributed by atoms with Gasteiger partial charge in [0.25, 0.3) is 0 Å². The molecule has 1 aliphatic heterocycles. The van der Waals surface area contributed by atoms with E-state index in [1.165, 1.54) is 43.2 Å². The van der Waals surface area contributed by atoms with Crippen LogP contribution in [0.4, 0.5) is 0 Å². The van der Waals surface area contributed by atoms with E-state index in [9.17, 15) is 0 Å². The van der Waals surface area contributed by atoms with Crippen LogP contribution < -0.4 is 0 Å². The van der Waals surface area contributed by atoms with E-state index in [4.69, 9.17) is 0 Å². The Kier molecular flexibility index (Phi) is 4.64. The summed E-state index contributed by atoms with van der Waals surface area (Å²) in [4.78, 5) is 0. The molecule has 1 unspecified atom stereocenters. The largest absolute Gasteiger partial charge is 0.264 e. The zero-order valence-corrected chi connectivity index (χ0v) is 14.8. The van der Waals surface area contributed by atoms with Crippen LogP contribution in [-0.2, 0) is 0 Å². The standard InChI is InChI=1S/C22H25N3/c1-17-12-14-19(15-13-17)22-16-21(18-8-4-2-5-9-18)23-24-25(22)20-10-6-3-7-11-20/h2,4-5,8-9,12-16,20,22H,3,6-7,10-11H2,1H3. The Hall–Kier alpha value is -2.42. The first-order chi connectivity index (χ1) is 12.3. The summed E-state index contributed by atoms with van der Waals surface area (Å²) in [6.07, 6.45) is 8.66. The minimum Gasteiger partial charge on any atom is -0.264 e. The van der Waals surface area contributed by atoms with Crippen molar-refractivity contribution >= 4 is 5.70 Å². The second-order valence-electron chi connectivity index (χ2n) is 7.13. The van der Waals surface area contributed by atoms with Crippen molar-refractivity contribution in [3.8, 4) is 0 Å². The van der Waals surface area contributed by atoms with E-state index in [-0.39, 0.29) is 6.04 Å². The van der Waals surface area contributed by atoms with E-state index in [0.717, 1.165) is 11.3 Å². The second kappa shape index (κ2) is 7.22. The zero-order valence-electron chi connectivity index (χ0n) is 14.8. The van der Waals surface area contributed by atoms with Crippen molar-refractivity contribution in [3.63, 3.8) is 0 Å². The third-order valence-corrected chi connectivity index (χ3v) is 5.29. The van der Waals surface area contributed by atoms with Crippen molar-refractivity contribution in [1.29, 1.82) is 0 Å². The van der Waals surface area contributed by atoms with E-state index >= 15 is 0 Å². The van der Waals surface area contributed by atoms with Gasteiger partial charge in [-0.1, -0.05) is 84.6 Å². The molecule has 2 aromatic carbocycles. The summed E-state index contributed by atoms with van der Waals surface area (Å²) in [5.41, 5.74) is 4.69. The van der Waals surface area contributed by atoms with Crippen molar-refractivity contribution < 1.29 is 0 Å². The lowest BCUT2D eigenvalue weighted by atomic mass is 9.92. The molecule has 1 saturated carbocycles. The Morgan fingerprint density at radius 2 is 1.60 bits per heavy atom. The van der Waals surface area contributed by atoms with E-state index in [1.54, 1.807) is 0 Å². The molecule has 0 N–H and O–H groups in total. The molecule has 0 radical (unpaired) electrons. The number of aryl methyl sites for hydroxylation is 1. The summed E-state index contributed by atoms with van der Waals surface area (Å²) >= 11 is 0. The minimum atomic E-state index is 0.163. The van der Waals surface area contributed by atoms with Crippen LogP contribution in [0.2, 0.25) is 0 Å². The molecule has 1 atom stereocenters. The van der Waals surface area contributed by atoms with Gasteiger partial charge in [0, 0.05) is 11.6 Å². The van der Waals surface area contributed by atoms with Crippen LogP contribution in [0.5, 0.6) is 0 Å². The SMILES string of the molecule is Cc1ccc(C2C=C(c3ccccc3)N=NN2C2CCCCC2)cc1. The topological polar surface area (TPSA) is 28.0 Å². The maximum absolute atomic E-state index is 4.68. The Morgan fingerprint density at radius 1 is 0.880 bits per heavy atom. The highest BCUT2D eigenvalue weighted by Crippen LogP contribution is 2.37. The number of hydrogen-bond donors (Lipinski definition) is 0. The average Bonchev–Trinajstić information content (AvgIpc) is 2.69. The van der Waals surface area contributed by atoms with Gasteiger partial charge in [0.05, 0.1) is 11.7 Å². The van der Waals surface area contributed by atoms with Crippen LogP contribution >= 0.6 is 0 Å². The Balaban J connectivity index is 1.69. The van der Waals surface area contributed by atoms with Gasteiger partial charge in [-0.15, -0.1) is 5.11 Å². The monoisotopic (exact) mass is 331 g/mol. The van der Waals surface area contributed by atoms with Crippen LogP contribution in [0.1, 0.15) is 54.8 Å². The van der Waals surface area contributed by atoms with Crippen LogP contribution in [0.15, 0.2) is 71.0 Å². The molecule has 1 aliphatic carbocycles. The van der Waals surface area contributed by atoms with E-state index in [0.29, 0.717) is 6.04 Å². The van der Waals surface area contributed by atoms with Crippen molar-refractivity contribution in [2.75, 3.05) is 0 Å². The van der Waals surface area contributed by atoms with Gasteiger partial charge >= 0.3 is 0 Å². The Bertz CT molecular complexity index is 756. The molecule has 2 aromatic rings. The molecule has 25 heavy (non-hydrogen) atoms. The highest BCUT2D eigenvalue weighted by Gasteiger charge is 2.29. The molecule has 3 nitrogen and oxygen atoms in total.